The number of carboxylic acid groups (broad SMARTS) is 1. The van der Waals surface area contributed by atoms with Crippen LogP contribution in [0.4, 0.5) is 0 Å². The molecule has 4 rings (SSSR count). The Morgan fingerprint density at radius 2 is 1.79 bits per heavy atom. The second-order valence-corrected chi connectivity index (χ2v) is 10.1. The number of sulfone groups is 1. The van der Waals surface area contributed by atoms with Crippen molar-refractivity contribution in [1.29, 1.82) is 0 Å². The predicted molar refractivity (Wildman–Crippen MR) is 123 cm³/mol. The standard InChI is InChI=1S/C22H20N2O7S2/c1-29-16-8-14-15(9-17(16)30-2)24(12-23-14)20-10-18(21(32-20)22(25)26)31-11-13-6-4-5-7-19(13)33(3,27)28/h4-10,12H,11H2,1-3H3,(H,25,26). The molecule has 0 bridgehead atoms. The van der Waals surface area contributed by atoms with Crippen molar-refractivity contribution >= 4 is 38.2 Å². The second-order valence-electron chi connectivity index (χ2n) is 7.06. The Bertz CT molecular complexity index is 1450. The Kier molecular flexibility index (Phi) is 6.00. The first kappa shape index (κ1) is 22.6. The zero-order valence-corrected chi connectivity index (χ0v) is 19.6. The zero-order valence-electron chi connectivity index (χ0n) is 17.9. The SMILES string of the molecule is COc1cc2ncn(-c3cc(OCc4ccccc4S(C)(=O)=O)c(C(=O)O)s3)c2cc1OC. The molecule has 0 atom stereocenters. The van der Waals surface area contributed by atoms with Crippen molar-refractivity contribution in [3.05, 3.63) is 59.2 Å². The first-order valence-corrected chi connectivity index (χ1v) is 12.3. The van der Waals surface area contributed by atoms with Crippen LogP contribution in [0.5, 0.6) is 17.2 Å². The maximum atomic E-state index is 12.0. The molecule has 0 radical (unpaired) electrons. The van der Waals surface area contributed by atoms with Gasteiger partial charge in [0.25, 0.3) is 0 Å². The van der Waals surface area contributed by atoms with Crippen LogP contribution in [0, 0.1) is 0 Å². The number of nitrogens with zero attached hydrogens (tertiary/aromatic N) is 2. The van der Waals surface area contributed by atoms with E-state index in [1.807, 2.05) is 0 Å². The highest BCUT2D eigenvalue weighted by Gasteiger charge is 2.21. The van der Waals surface area contributed by atoms with E-state index in [2.05, 4.69) is 4.98 Å². The van der Waals surface area contributed by atoms with Gasteiger partial charge in [-0.1, -0.05) is 18.2 Å². The van der Waals surface area contributed by atoms with E-state index in [1.165, 1.54) is 20.3 Å². The largest absolute Gasteiger partial charge is 0.493 e. The molecule has 2 aromatic heterocycles. The van der Waals surface area contributed by atoms with Gasteiger partial charge in [0.2, 0.25) is 0 Å². The molecule has 0 aliphatic heterocycles. The Morgan fingerprint density at radius 3 is 2.45 bits per heavy atom. The first-order valence-electron chi connectivity index (χ1n) is 9.60. The van der Waals surface area contributed by atoms with Gasteiger partial charge in [0.05, 0.1) is 30.1 Å². The van der Waals surface area contributed by atoms with Gasteiger partial charge in [-0.05, 0) is 6.07 Å². The number of aromatic nitrogens is 2. The minimum absolute atomic E-state index is 0.0100. The molecule has 0 saturated heterocycles. The lowest BCUT2D eigenvalue weighted by atomic mass is 10.2. The third kappa shape index (κ3) is 4.37. The number of fused-ring (bicyclic) bond motifs is 1. The van der Waals surface area contributed by atoms with Gasteiger partial charge in [0.15, 0.2) is 26.2 Å². The van der Waals surface area contributed by atoms with Crippen LogP contribution in [0.15, 0.2) is 53.7 Å². The number of hydrogen-bond donors (Lipinski definition) is 1. The summed E-state index contributed by atoms with van der Waals surface area (Å²) in [5.41, 5.74) is 1.77. The van der Waals surface area contributed by atoms with Gasteiger partial charge in [-0.15, -0.1) is 11.3 Å². The quantitative estimate of drug-likeness (QED) is 0.398. The molecule has 11 heteroatoms. The molecule has 2 heterocycles. The van der Waals surface area contributed by atoms with Crippen molar-refractivity contribution in [3.8, 4) is 22.2 Å². The summed E-state index contributed by atoms with van der Waals surface area (Å²) in [4.78, 5) is 16.4. The van der Waals surface area contributed by atoms with E-state index in [0.29, 0.717) is 33.1 Å². The predicted octanol–water partition coefficient (Wildman–Crippen LogP) is 3.78. The van der Waals surface area contributed by atoms with Crippen molar-refractivity contribution in [1.82, 2.24) is 9.55 Å². The molecule has 0 amide bonds. The van der Waals surface area contributed by atoms with Gasteiger partial charge in [0.1, 0.15) is 23.7 Å². The lowest BCUT2D eigenvalue weighted by molar-refractivity contribution is 0.0697. The van der Waals surface area contributed by atoms with Gasteiger partial charge in [-0.2, -0.15) is 0 Å². The third-order valence-corrected chi connectivity index (χ3v) is 7.23. The summed E-state index contributed by atoms with van der Waals surface area (Å²) in [6.07, 6.45) is 2.69. The number of thiophene rings is 1. The Balaban J connectivity index is 1.72. The molecule has 0 aliphatic carbocycles. The van der Waals surface area contributed by atoms with Crippen molar-refractivity contribution in [2.75, 3.05) is 20.5 Å². The fraction of sp³-hybridized carbons (Fsp3) is 0.182. The number of aromatic carboxylic acids is 1. The van der Waals surface area contributed by atoms with Crippen molar-refractivity contribution < 1.29 is 32.5 Å². The van der Waals surface area contributed by atoms with Gasteiger partial charge in [-0.3, -0.25) is 4.57 Å². The maximum Gasteiger partial charge on any atom is 0.349 e. The van der Waals surface area contributed by atoms with Crippen molar-refractivity contribution in [2.24, 2.45) is 0 Å². The van der Waals surface area contributed by atoms with Crippen LogP contribution in [0.2, 0.25) is 0 Å². The molecular formula is C22H20N2O7S2. The smallest absolute Gasteiger partial charge is 0.349 e. The minimum Gasteiger partial charge on any atom is -0.493 e. The molecular weight excluding hydrogens is 468 g/mol. The van der Waals surface area contributed by atoms with E-state index in [-0.39, 0.29) is 22.1 Å². The van der Waals surface area contributed by atoms with E-state index in [9.17, 15) is 18.3 Å². The normalized spacial score (nSPS) is 11.5. The fourth-order valence-corrected chi connectivity index (χ4v) is 5.24. The highest BCUT2D eigenvalue weighted by Crippen LogP contribution is 2.37. The lowest BCUT2D eigenvalue weighted by Gasteiger charge is -2.09. The van der Waals surface area contributed by atoms with Crippen molar-refractivity contribution in [2.45, 2.75) is 11.5 Å². The monoisotopic (exact) mass is 488 g/mol. The number of ether oxygens (including phenoxy) is 3. The molecule has 0 fully saturated rings. The van der Waals surface area contributed by atoms with Crippen LogP contribution in [0.25, 0.3) is 16.0 Å². The summed E-state index contributed by atoms with van der Waals surface area (Å²) >= 11 is 1.02. The summed E-state index contributed by atoms with van der Waals surface area (Å²) in [5, 5.41) is 10.3. The molecule has 0 unspecified atom stereocenters. The number of carbonyl (C=O) groups is 1. The van der Waals surface area contributed by atoms with Crippen LogP contribution < -0.4 is 14.2 Å². The third-order valence-electron chi connectivity index (χ3n) is 4.92. The average Bonchev–Trinajstić information content (AvgIpc) is 3.39. The molecule has 2 aromatic carbocycles. The van der Waals surface area contributed by atoms with Crippen LogP contribution in [-0.4, -0.2) is 49.5 Å². The molecule has 0 saturated carbocycles. The summed E-state index contributed by atoms with van der Waals surface area (Å²) in [5.74, 6) is 0.0197. The second kappa shape index (κ2) is 8.75. The number of methoxy groups -OCH3 is 2. The van der Waals surface area contributed by atoms with Crippen LogP contribution in [0.1, 0.15) is 15.2 Å². The molecule has 0 aliphatic rings. The van der Waals surface area contributed by atoms with E-state index in [1.54, 1.807) is 47.3 Å². The topological polar surface area (TPSA) is 117 Å². The highest BCUT2D eigenvalue weighted by molar-refractivity contribution is 7.90. The number of carboxylic acids is 1. The van der Waals surface area contributed by atoms with Crippen LogP contribution in [-0.2, 0) is 16.4 Å². The lowest BCUT2D eigenvalue weighted by Crippen LogP contribution is -2.06. The summed E-state index contributed by atoms with van der Waals surface area (Å²) in [6.45, 7) is -0.102. The van der Waals surface area contributed by atoms with Gasteiger partial charge >= 0.3 is 5.97 Å². The van der Waals surface area contributed by atoms with Gasteiger partial charge < -0.3 is 19.3 Å². The fourth-order valence-electron chi connectivity index (χ4n) is 3.39. The first-order chi connectivity index (χ1) is 15.7. The zero-order chi connectivity index (χ0) is 23.8. The maximum absolute atomic E-state index is 12.0. The average molecular weight is 489 g/mol. The van der Waals surface area contributed by atoms with E-state index >= 15 is 0 Å². The van der Waals surface area contributed by atoms with Gasteiger partial charge in [-0.25, -0.2) is 18.2 Å². The number of hydrogen-bond acceptors (Lipinski definition) is 8. The summed E-state index contributed by atoms with van der Waals surface area (Å²) in [7, 11) is -0.401. The Labute approximate surface area is 193 Å². The van der Waals surface area contributed by atoms with Crippen molar-refractivity contribution in [3.63, 3.8) is 0 Å². The molecule has 33 heavy (non-hydrogen) atoms. The molecule has 4 aromatic rings. The summed E-state index contributed by atoms with van der Waals surface area (Å²) < 4.78 is 42.3. The summed E-state index contributed by atoms with van der Waals surface area (Å²) in [6, 6.07) is 11.5. The molecule has 0 spiro atoms. The van der Waals surface area contributed by atoms with Gasteiger partial charge in [0, 0.05) is 30.0 Å². The van der Waals surface area contributed by atoms with E-state index < -0.39 is 15.8 Å². The van der Waals surface area contributed by atoms with Crippen LogP contribution in [0.3, 0.4) is 0 Å². The van der Waals surface area contributed by atoms with E-state index in [4.69, 9.17) is 14.2 Å². The highest BCUT2D eigenvalue weighted by atomic mass is 32.2. The minimum atomic E-state index is -3.46. The number of rotatable bonds is 8. The number of imidazole rings is 1. The molecule has 9 nitrogen and oxygen atoms in total. The Morgan fingerprint density at radius 1 is 1.09 bits per heavy atom. The Hall–Kier alpha value is -3.57. The number of benzene rings is 2. The molecule has 172 valence electrons. The molecule has 1 N–H and O–H groups in total. The van der Waals surface area contributed by atoms with E-state index in [0.717, 1.165) is 17.6 Å². The van der Waals surface area contributed by atoms with Crippen LogP contribution >= 0.6 is 11.3 Å².